The SMILES string of the molecule is COC(=O)CCc1c(-c2ccc3c(c2)OCCO3)c(C(N)=O)c(C)n1CCc1ccccc1. The molecular weight excluding hydrogens is 420 g/mol. The van der Waals surface area contributed by atoms with Crippen molar-refractivity contribution < 1.29 is 23.8 Å². The van der Waals surface area contributed by atoms with Gasteiger partial charge in [-0.05, 0) is 43.0 Å². The van der Waals surface area contributed by atoms with Gasteiger partial charge in [-0.3, -0.25) is 9.59 Å². The van der Waals surface area contributed by atoms with Crippen LogP contribution in [0.2, 0.25) is 0 Å². The van der Waals surface area contributed by atoms with E-state index in [9.17, 15) is 9.59 Å². The molecule has 33 heavy (non-hydrogen) atoms. The van der Waals surface area contributed by atoms with Crippen LogP contribution in [0, 0.1) is 6.92 Å². The van der Waals surface area contributed by atoms with Crippen molar-refractivity contribution in [1.82, 2.24) is 4.57 Å². The average Bonchev–Trinajstić information content (AvgIpc) is 3.12. The number of nitrogens with two attached hydrogens (primary N) is 1. The maximum Gasteiger partial charge on any atom is 0.305 e. The van der Waals surface area contributed by atoms with E-state index >= 15 is 0 Å². The molecule has 2 heterocycles. The number of rotatable bonds is 8. The van der Waals surface area contributed by atoms with Crippen LogP contribution in [-0.4, -0.2) is 36.8 Å². The molecule has 172 valence electrons. The molecule has 0 unspecified atom stereocenters. The van der Waals surface area contributed by atoms with Gasteiger partial charge in [0.05, 0.1) is 19.1 Å². The number of hydrogen-bond donors (Lipinski definition) is 1. The largest absolute Gasteiger partial charge is 0.486 e. The van der Waals surface area contributed by atoms with Gasteiger partial charge in [-0.15, -0.1) is 0 Å². The van der Waals surface area contributed by atoms with Crippen LogP contribution >= 0.6 is 0 Å². The number of fused-ring (bicyclic) bond motifs is 1. The van der Waals surface area contributed by atoms with Crippen LogP contribution in [0.15, 0.2) is 48.5 Å². The van der Waals surface area contributed by atoms with Gasteiger partial charge in [0, 0.05) is 23.5 Å². The molecule has 3 aromatic rings. The number of methoxy groups -OCH3 is 1. The molecule has 1 aliphatic heterocycles. The predicted molar refractivity (Wildman–Crippen MR) is 125 cm³/mol. The molecule has 0 atom stereocenters. The van der Waals surface area contributed by atoms with Crippen LogP contribution in [0.5, 0.6) is 11.5 Å². The Kier molecular flexibility index (Phi) is 6.68. The molecule has 4 rings (SSSR count). The Morgan fingerprint density at radius 1 is 1.03 bits per heavy atom. The van der Waals surface area contributed by atoms with Crippen LogP contribution in [0.4, 0.5) is 0 Å². The summed E-state index contributed by atoms with van der Waals surface area (Å²) in [5.74, 6) is 0.483. The lowest BCUT2D eigenvalue weighted by atomic mass is 9.97. The Morgan fingerprint density at radius 3 is 2.45 bits per heavy atom. The fourth-order valence-corrected chi connectivity index (χ4v) is 4.38. The summed E-state index contributed by atoms with van der Waals surface area (Å²) in [5, 5.41) is 0. The number of benzene rings is 2. The Morgan fingerprint density at radius 2 is 1.76 bits per heavy atom. The van der Waals surface area contributed by atoms with E-state index in [2.05, 4.69) is 16.7 Å². The minimum absolute atomic E-state index is 0.195. The zero-order chi connectivity index (χ0) is 23.4. The lowest BCUT2D eigenvalue weighted by Crippen LogP contribution is -2.15. The molecular formula is C26H28N2O5. The van der Waals surface area contributed by atoms with Crippen molar-refractivity contribution in [3.05, 3.63) is 71.0 Å². The number of aryl methyl sites for hydroxylation is 1. The minimum Gasteiger partial charge on any atom is -0.486 e. The van der Waals surface area contributed by atoms with Crippen molar-refractivity contribution in [2.45, 2.75) is 32.7 Å². The second kappa shape index (κ2) is 9.81. The number of ether oxygens (including phenoxy) is 3. The normalized spacial score (nSPS) is 12.4. The Hall–Kier alpha value is -3.74. The van der Waals surface area contributed by atoms with E-state index in [1.165, 1.54) is 12.7 Å². The number of nitrogens with zero attached hydrogens (tertiary/aromatic N) is 1. The van der Waals surface area contributed by atoms with Gasteiger partial charge in [0.2, 0.25) is 0 Å². The van der Waals surface area contributed by atoms with Crippen molar-refractivity contribution in [1.29, 1.82) is 0 Å². The Balaban J connectivity index is 1.82. The molecule has 2 aromatic carbocycles. The average molecular weight is 449 g/mol. The standard InChI is InChI=1S/C26H28N2O5/c1-17-24(26(27)30)25(19-8-10-21-22(16-19)33-15-14-32-21)20(9-11-23(29)31-2)28(17)13-12-18-6-4-3-5-7-18/h3-8,10,16H,9,11-15H2,1-2H3,(H2,27,30). The summed E-state index contributed by atoms with van der Waals surface area (Å²) in [7, 11) is 1.37. The predicted octanol–water partition coefficient (Wildman–Crippen LogP) is 3.68. The molecule has 0 fully saturated rings. The lowest BCUT2D eigenvalue weighted by molar-refractivity contribution is -0.140. The number of amides is 1. The van der Waals surface area contributed by atoms with E-state index in [0.717, 1.165) is 28.9 Å². The van der Waals surface area contributed by atoms with Gasteiger partial charge in [-0.2, -0.15) is 0 Å². The third-order valence-electron chi connectivity index (χ3n) is 5.97. The topological polar surface area (TPSA) is 92.8 Å². The molecule has 7 heteroatoms. The van der Waals surface area contributed by atoms with E-state index < -0.39 is 5.91 Å². The van der Waals surface area contributed by atoms with Gasteiger partial charge in [0.15, 0.2) is 11.5 Å². The molecule has 1 aliphatic rings. The van der Waals surface area contributed by atoms with Crippen molar-refractivity contribution in [3.63, 3.8) is 0 Å². The van der Waals surface area contributed by atoms with E-state index in [-0.39, 0.29) is 12.4 Å². The van der Waals surface area contributed by atoms with Crippen molar-refractivity contribution in [2.24, 2.45) is 5.73 Å². The minimum atomic E-state index is -0.504. The summed E-state index contributed by atoms with van der Waals surface area (Å²) >= 11 is 0. The van der Waals surface area contributed by atoms with E-state index in [0.29, 0.717) is 43.2 Å². The summed E-state index contributed by atoms with van der Waals surface area (Å²) in [6.07, 6.45) is 1.39. The highest BCUT2D eigenvalue weighted by Crippen LogP contribution is 2.39. The summed E-state index contributed by atoms with van der Waals surface area (Å²) in [6, 6.07) is 15.8. The highest BCUT2D eigenvalue weighted by Gasteiger charge is 2.26. The Labute approximate surface area is 193 Å². The van der Waals surface area contributed by atoms with Crippen LogP contribution in [-0.2, 0) is 28.9 Å². The zero-order valence-electron chi connectivity index (χ0n) is 18.9. The number of carbonyl (C=O) groups excluding carboxylic acids is 2. The first-order valence-corrected chi connectivity index (χ1v) is 11.0. The van der Waals surface area contributed by atoms with E-state index in [1.54, 1.807) is 0 Å². The maximum atomic E-state index is 12.6. The molecule has 1 amide bonds. The first kappa shape index (κ1) is 22.5. The van der Waals surface area contributed by atoms with Crippen molar-refractivity contribution in [3.8, 4) is 22.6 Å². The number of aromatic nitrogens is 1. The fraction of sp³-hybridized carbons (Fsp3) is 0.308. The van der Waals surface area contributed by atoms with Gasteiger partial charge in [-0.25, -0.2) is 0 Å². The summed E-state index contributed by atoms with van der Waals surface area (Å²) < 4.78 is 18.4. The molecule has 0 aliphatic carbocycles. The fourth-order valence-electron chi connectivity index (χ4n) is 4.38. The van der Waals surface area contributed by atoms with Crippen LogP contribution in [0.3, 0.4) is 0 Å². The summed E-state index contributed by atoms with van der Waals surface area (Å²) in [4.78, 5) is 24.6. The second-order valence-electron chi connectivity index (χ2n) is 7.97. The number of hydrogen-bond acceptors (Lipinski definition) is 5. The van der Waals surface area contributed by atoms with Gasteiger partial charge < -0.3 is 24.5 Å². The molecule has 2 N–H and O–H groups in total. The third kappa shape index (κ3) is 4.72. The first-order chi connectivity index (χ1) is 16.0. The molecule has 0 bridgehead atoms. The quantitative estimate of drug-likeness (QED) is 0.531. The molecule has 0 saturated heterocycles. The van der Waals surface area contributed by atoms with Crippen molar-refractivity contribution >= 4 is 11.9 Å². The molecule has 0 spiro atoms. The van der Waals surface area contributed by atoms with Gasteiger partial charge in [-0.1, -0.05) is 36.4 Å². The smallest absolute Gasteiger partial charge is 0.305 e. The number of esters is 1. The van der Waals surface area contributed by atoms with Crippen molar-refractivity contribution in [2.75, 3.05) is 20.3 Å². The van der Waals surface area contributed by atoms with E-state index in [4.69, 9.17) is 19.9 Å². The maximum absolute atomic E-state index is 12.6. The van der Waals surface area contributed by atoms with Crippen LogP contribution in [0.1, 0.15) is 33.7 Å². The molecule has 1 aromatic heterocycles. The second-order valence-corrected chi connectivity index (χ2v) is 7.97. The van der Waals surface area contributed by atoms with Gasteiger partial charge >= 0.3 is 5.97 Å². The highest BCUT2D eigenvalue weighted by molar-refractivity contribution is 6.02. The third-order valence-corrected chi connectivity index (χ3v) is 5.97. The molecule has 0 radical (unpaired) electrons. The number of primary amides is 1. The van der Waals surface area contributed by atoms with E-state index in [1.807, 2.05) is 43.3 Å². The number of carbonyl (C=O) groups is 2. The monoisotopic (exact) mass is 448 g/mol. The zero-order valence-corrected chi connectivity index (χ0v) is 18.9. The van der Waals surface area contributed by atoms with Gasteiger partial charge in [0.25, 0.3) is 5.91 Å². The van der Waals surface area contributed by atoms with Gasteiger partial charge in [0.1, 0.15) is 13.2 Å². The first-order valence-electron chi connectivity index (χ1n) is 11.0. The Bertz CT molecular complexity index is 1170. The molecule has 7 nitrogen and oxygen atoms in total. The molecule has 0 saturated carbocycles. The lowest BCUT2D eigenvalue weighted by Gasteiger charge is -2.19. The van der Waals surface area contributed by atoms with Crippen LogP contribution < -0.4 is 15.2 Å². The summed E-state index contributed by atoms with van der Waals surface area (Å²) in [5.41, 5.74) is 10.7. The van der Waals surface area contributed by atoms with Crippen LogP contribution in [0.25, 0.3) is 11.1 Å². The summed E-state index contributed by atoms with van der Waals surface area (Å²) in [6.45, 7) is 3.51. The highest BCUT2D eigenvalue weighted by atomic mass is 16.6.